The van der Waals surface area contributed by atoms with Crippen molar-refractivity contribution < 1.29 is 9.59 Å². The lowest BCUT2D eigenvalue weighted by atomic mass is 9.95. The van der Waals surface area contributed by atoms with E-state index in [1.807, 2.05) is 20.8 Å². The van der Waals surface area contributed by atoms with E-state index in [0.717, 1.165) is 12.8 Å². The third-order valence-electron chi connectivity index (χ3n) is 3.74. The lowest BCUT2D eigenvalue weighted by Crippen LogP contribution is -2.55. The van der Waals surface area contributed by atoms with Crippen molar-refractivity contribution in [3.8, 4) is 0 Å². The average Bonchev–Trinajstić information content (AvgIpc) is 2.37. The summed E-state index contributed by atoms with van der Waals surface area (Å²) in [5.74, 6) is -0.0999. The van der Waals surface area contributed by atoms with Gasteiger partial charge in [0.25, 0.3) is 0 Å². The molecule has 122 valence electrons. The molecule has 5 nitrogen and oxygen atoms in total. The Morgan fingerprint density at radius 3 is 2.00 bits per heavy atom. The van der Waals surface area contributed by atoms with Gasteiger partial charge in [0.1, 0.15) is 0 Å². The summed E-state index contributed by atoms with van der Waals surface area (Å²) in [6.45, 7) is 9.41. The maximum absolute atomic E-state index is 12.1. The predicted octanol–water partition coefficient (Wildman–Crippen LogP) is 1.72. The minimum atomic E-state index is -0.392. The van der Waals surface area contributed by atoms with E-state index < -0.39 is 6.04 Å². The molecular formula is C16H31N3O2. The van der Waals surface area contributed by atoms with Gasteiger partial charge in [0.05, 0.1) is 12.1 Å². The molecule has 1 fully saturated rings. The van der Waals surface area contributed by atoms with Crippen molar-refractivity contribution in [3.63, 3.8) is 0 Å². The zero-order chi connectivity index (χ0) is 16.0. The van der Waals surface area contributed by atoms with Crippen LogP contribution < -0.4 is 16.0 Å². The van der Waals surface area contributed by atoms with E-state index in [1.165, 1.54) is 19.3 Å². The fourth-order valence-corrected chi connectivity index (χ4v) is 2.58. The van der Waals surface area contributed by atoms with E-state index in [2.05, 4.69) is 16.0 Å². The van der Waals surface area contributed by atoms with Gasteiger partial charge in [0.2, 0.25) is 11.8 Å². The van der Waals surface area contributed by atoms with Gasteiger partial charge in [0, 0.05) is 11.6 Å². The smallest absolute Gasteiger partial charge is 0.237 e. The molecule has 2 amide bonds. The van der Waals surface area contributed by atoms with Gasteiger partial charge < -0.3 is 10.6 Å². The SMILES string of the molecule is CC(NC(C)C(=O)NC(C)(C)C)C(=O)NC1CCCCC1. The van der Waals surface area contributed by atoms with Crippen molar-refractivity contribution in [2.45, 2.75) is 90.4 Å². The van der Waals surface area contributed by atoms with Crippen LogP contribution in [0.5, 0.6) is 0 Å². The molecule has 0 aliphatic heterocycles. The molecular weight excluding hydrogens is 266 g/mol. The minimum absolute atomic E-state index is 0.0164. The molecule has 0 aromatic heterocycles. The van der Waals surface area contributed by atoms with Crippen LogP contribution in [-0.2, 0) is 9.59 Å². The fraction of sp³-hybridized carbons (Fsp3) is 0.875. The van der Waals surface area contributed by atoms with Crippen LogP contribution in [0.1, 0.15) is 66.7 Å². The van der Waals surface area contributed by atoms with E-state index in [-0.39, 0.29) is 23.4 Å². The van der Waals surface area contributed by atoms with Crippen molar-refractivity contribution in [1.82, 2.24) is 16.0 Å². The highest BCUT2D eigenvalue weighted by molar-refractivity contribution is 5.85. The third-order valence-corrected chi connectivity index (χ3v) is 3.74. The first kappa shape index (κ1) is 18.0. The average molecular weight is 297 g/mol. The highest BCUT2D eigenvalue weighted by atomic mass is 16.2. The van der Waals surface area contributed by atoms with Crippen molar-refractivity contribution in [3.05, 3.63) is 0 Å². The van der Waals surface area contributed by atoms with Crippen LogP contribution in [0, 0.1) is 0 Å². The molecule has 3 N–H and O–H groups in total. The molecule has 21 heavy (non-hydrogen) atoms. The van der Waals surface area contributed by atoms with Gasteiger partial charge in [-0.15, -0.1) is 0 Å². The highest BCUT2D eigenvalue weighted by Gasteiger charge is 2.24. The minimum Gasteiger partial charge on any atom is -0.352 e. The summed E-state index contributed by atoms with van der Waals surface area (Å²) in [5.41, 5.74) is -0.263. The topological polar surface area (TPSA) is 70.2 Å². The summed E-state index contributed by atoms with van der Waals surface area (Å²) in [5, 5.41) is 9.06. The Morgan fingerprint density at radius 1 is 0.952 bits per heavy atom. The van der Waals surface area contributed by atoms with Crippen molar-refractivity contribution in [2.75, 3.05) is 0 Å². The molecule has 0 radical (unpaired) electrons. The Balaban J connectivity index is 2.38. The Labute approximate surface area is 128 Å². The molecule has 5 heteroatoms. The molecule has 0 heterocycles. The lowest BCUT2D eigenvalue weighted by molar-refractivity contribution is -0.126. The molecule has 0 saturated heterocycles. The van der Waals surface area contributed by atoms with E-state index in [0.29, 0.717) is 6.04 Å². The van der Waals surface area contributed by atoms with Crippen molar-refractivity contribution in [2.24, 2.45) is 0 Å². The second-order valence-corrected chi connectivity index (χ2v) is 7.19. The number of amides is 2. The first-order valence-corrected chi connectivity index (χ1v) is 8.07. The zero-order valence-corrected chi connectivity index (χ0v) is 14.1. The zero-order valence-electron chi connectivity index (χ0n) is 14.1. The number of hydrogen-bond donors (Lipinski definition) is 3. The quantitative estimate of drug-likeness (QED) is 0.723. The third kappa shape index (κ3) is 6.93. The van der Waals surface area contributed by atoms with Crippen LogP contribution in [0.25, 0.3) is 0 Å². The number of carbonyl (C=O) groups excluding carboxylic acids is 2. The van der Waals surface area contributed by atoms with E-state index in [1.54, 1.807) is 13.8 Å². The molecule has 0 bridgehead atoms. The monoisotopic (exact) mass is 297 g/mol. The fourth-order valence-electron chi connectivity index (χ4n) is 2.58. The number of rotatable bonds is 5. The van der Waals surface area contributed by atoms with Gasteiger partial charge in [-0.1, -0.05) is 19.3 Å². The van der Waals surface area contributed by atoms with Crippen molar-refractivity contribution in [1.29, 1.82) is 0 Å². The Kier molecular flexibility index (Phi) is 6.65. The van der Waals surface area contributed by atoms with Crippen LogP contribution in [0.3, 0.4) is 0 Å². The molecule has 1 rings (SSSR count). The van der Waals surface area contributed by atoms with Crippen molar-refractivity contribution >= 4 is 11.8 Å². The molecule has 0 spiro atoms. The molecule has 2 atom stereocenters. The van der Waals surface area contributed by atoms with E-state index >= 15 is 0 Å². The molecule has 0 aromatic carbocycles. The van der Waals surface area contributed by atoms with Crippen LogP contribution in [0.2, 0.25) is 0 Å². The van der Waals surface area contributed by atoms with E-state index in [9.17, 15) is 9.59 Å². The Hall–Kier alpha value is -1.10. The maximum Gasteiger partial charge on any atom is 0.237 e. The summed E-state index contributed by atoms with van der Waals surface area (Å²) in [6, 6.07) is -0.460. The van der Waals surface area contributed by atoms with Gasteiger partial charge in [-0.05, 0) is 47.5 Å². The largest absolute Gasteiger partial charge is 0.352 e. The van der Waals surface area contributed by atoms with Gasteiger partial charge in [0.15, 0.2) is 0 Å². The van der Waals surface area contributed by atoms with Crippen LogP contribution in [0.15, 0.2) is 0 Å². The van der Waals surface area contributed by atoms with Crippen LogP contribution in [0.4, 0.5) is 0 Å². The number of nitrogens with one attached hydrogen (secondary N) is 3. The summed E-state index contributed by atoms with van der Waals surface area (Å²) < 4.78 is 0. The second kappa shape index (κ2) is 7.78. The summed E-state index contributed by atoms with van der Waals surface area (Å²) in [6.07, 6.45) is 5.79. The number of hydrogen-bond acceptors (Lipinski definition) is 3. The maximum atomic E-state index is 12.1. The first-order valence-electron chi connectivity index (χ1n) is 8.07. The molecule has 1 aliphatic rings. The van der Waals surface area contributed by atoms with E-state index in [4.69, 9.17) is 0 Å². The van der Waals surface area contributed by atoms with Gasteiger partial charge >= 0.3 is 0 Å². The second-order valence-electron chi connectivity index (χ2n) is 7.19. The number of carbonyl (C=O) groups is 2. The summed E-state index contributed by atoms with van der Waals surface area (Å²) in [4.78, 5) is 24.2. The predicted molar refractivity (Wildman–Crippen MR) is 85.0 cm³/mol. The molecule has 1 saturated carbocycles. The van der Waals surface area contributed by atoms with Gasteiger partial charge in [-0.25, -0.2) is 0 Å². The normalized spacial score (nSPS) is 19.7. The molecule has 1 aliphatic carbocycles. The lowest BCUT2D eigenvalue weighted by Gasteiger charge is -2.27. The molecule has 2 unspecified atom stereocenters. The summed E-state index contributed by atoms with van der Waals surface area (Å²) in [7, 11) is 0. The standard InChI is InChI=1S/C16H31N3O2/c1-11(14(20)18-13-9-7-6-8-10-13)17-12(2)15(21)19-16(3,4)5/h11-13,17H,6-10H2,1-5H3,(H,18,20)(H,19,21). The highest BCUT2D eigenvalue weighted by Crippen LogP contribution is 2.17. The van der Waals surface area contributed by atoms with Crippen LogP contribution >= 0.6 is 0 Å². The molecule has 0 aromatic rings. The van der Waals surface area contributed by atoms with Gasteiger partial charge in [-0.2, -0.15) is 0 Å². The van der Waals surface area contributed by atoms with Crippen LogP contribution in [-0.4, -0.2) is 35.5 Å². The summed E-state index contributed by atoms with van der Waals surface area (Å²) >= 11 is 0. The van der Waals surface area contributed by atoms with Gasteiger partial charge in [-0.3, -0.25) is 14.9 Å². The Bertz CT molecular complexity index is 357. The Morgan fingerprint density at radius 2 is 1.48 bits per heavy atom. The first-order chi connectivity index (χ1) is 9.69.